The molecule has 2 N–H and O–H groups in total. The van der Waals surface area contributed by atoms with E-state index in [-0.39, 0.29) is 0 Å². The average molecular weight is 238 g/mol. The van der Waals surface area contributed by atoms with Gasteiger partial charge in [-0.25, -0.2) is 0 Å². The van der Waals surface area contributed by atoms with E-state index in [1.807, 2.05) is 11.3 Å². The van der Waals surface area contributed by atoms with Crippen LogP contribution in [-0.4, -0.2) is 20.1 Å². The fourth-order valence-electron chi connectivity index (χ4n) is 2.49. The normalized spacial score (nSPS) is 18.4. The summed E-state index contributed by atoms with van der Waals surface area (Å²) in [6, 6.07) is 2.20. The first-order valence-corrected chi connectivity index (χ1v) is 7.02. The molecule has 1 aliphatic carbocycles. The van der Waals surface area contributed by atoms with Crippen LogP contribution in [0.4, 0.5) is 0 Å². The quantitative estimate of drug-likeness (QED) is 0.796. The molecule has 0 saturated heterocycles. The van der Waals surface area contributed by atoms with Crippen molar-refractivity contribution in [2.24, 2.45) is 5.41 Å². The van der Waals surface area contributed by atoms with E-state index in [4.69, 9.17) is 0 Å². The van der Waals surface area contributed by atoms with Crippen molar-refractivity contribution in [3.8, 4) is 0 Å². The van der Waals surface area contributed by atoms with Gasteiger partial charge < -0.3 is 10.6 Å². The highest BCUT2D eigenvalue weighted by atomic mass is 32.1. The van der Waals surface area contributed by atoms with E-state index in [0.29, 0.717) is 5.41 Å². The summed E-state index contributed by atoms with van der Waals surface area (Å²) >= 11 is 1.86. The van der Waals surface area contributed by atoms with Crippen molar-refractivity contribution >= 4 is 11.3 Å². The minimum Gasteiger partial charge on any atom is -0.319 e. The van der Waals surface area contributed by atoms with Gasteiger partial charge in [-0.3, -0.25) is 0 Å². The minimum absolute atomic E-state index is 0.542. The molecule has 0 aromatic carbocycles. The van der Waals surface area contributed by atoms with Crippen LogP contribution in [0, 0.1) is 12.3 Å². The number of nitrogens with one attached hydrogen (secondary N) is 2. The van der Waals surface area contributed by atoms with Gasteiger partial charge in [-0.2, -0.15) is 0 Å². The third-order valence-corrected chi connectivity index (χ3v) is 4.74. The van der Waals surface area contributed by atoms with Crippen molar-refractivity contribution in [1.29, 1.82) is 0 Å². The highest BCUT2D eigenvalue weighted by molar-refractivity contribution is 7.10. The van der Waals surface area contributed by atoms with E-state index in [2.05, 4.69) is 36.1 Å². The van der Waals surface area contributed by atoms with Crippen LogP contribution in [0.5, 0.6) is 0 Å². The zero-order chi connectivity index (χ0) is 11.4. The lowest BCUT2D eigenvalue weighted by molar-refractivity contribution is 0.130. The van der Waals surface area contributed by atoms with Crippen molar-refractivity contribution in [3.63, 3.8) is 0 Å². The first kappa shape index (κ1) is 12.1. The van der Waals surface area contributed by atoms with Crippen molar-refractivity contribution in [2.45, 2.75) is 32.7 Å². The Labute approximate surface area is 102 Å². The summed E-state index contributed by atoms with van der Waals surface area (Å²) in [5.41, 5.74) is 1.97. The maximum absolute atomic E-state index is 3.63. The molecule has 0 atom stereocenters. The summed E-state index contributed by atoms with van der Waals surface area (Å²) in [6.45, 7) is 5.55. The Balaban J connectivity index is 1.77. The Kier molecular flexibility index (Phi) is 4.00. The van der Waals surface area contributed by atoms with Crippen LogP contribution >= 0.6 is 11.3 Å². The zero-order valence-electron chi connectivity index (χ0n) is 10.3. The maximum atomic E-state index is 3.63. The molecule has 1 aromatic rings. The Hall–Kier alpha value is -0.380. The van der Waals surface area contributed by atoms with E-state index in [0.717, 1.165) is 19.6 Å². The number of rotatable bonds is 6. The van der Waals surface area contributed by atoms with E-state index >= 15 is 0 Å². The summed E-state index contributed by atoms with van der Waals surface area (Å²) in [4.78, 5) is 1.49. The van der Waals surface area contributed by atoms with Gasteiger partial charge in [0.05, 0.1) is 0 Å². The molecular formula is C13H22N2S. The molecule has 90 valence electrons. The smallest absolute Gasteiger partial charge is 0.0302 e. The molecule has 16 heavy (non-hydrogen) atoms. The standard InChI is InChI=1S/C13H22N2S/c1-11-4-7-16-12(11)8-15-10-13(9-14-2)5-3-6-13/h4,7,14-15H,3,5-6,8-10H2,1-2H3. The molecule has 0 bridgehead atoms. The lowest BCUT2D eigenvalue weighted by Crippen LogP contribution is -2.46. The Bertz CT molecular complexity index is 328. The fraction of sp³-hybridized carbons (Fsp3) is 0.692. The molecule has 1 heterocycles. The monoisotopic (exact) mass is 238 g/mol. The maximum Gasteiger partial charge on any atom is 0.0302 e. The summed E-state index contributed by atoms with van der Waals surface area (Å²) in [5.74, 6) is 0. The Morgan fingerprint density at radius 1 is 1.38 bits per heavy atom. The summed E-state index contributed by atoms with van der Waals surface area (Å²) < 4.78 is 0. The fourth-order valence-corrected chi connectivity index (χ4v) is 3.37. The van der Waals surface area contributed by atoms with Gasteiger partial charge in [0, 0.05) is 24.5 Å². The summed E-state index contributed by atoms with van der Waals surface area (Å²) in [6.07, 6.45) is 4.16. The second-order valence-electron chi connectivity index (χ2n) is 5.01. The molecule has 1 aromatic heterocycles. The first-order chi connectivity index (χ1) is 7.76. The van der Waals surface area contributed by atoms with Gasteiger partial charge >= 0.3 is 0 Å². The molecule has 0 spiro atoms. The van der Waals surface area contributed by atoms with E-state index in [1.165, 1.54) is 29.7 Å². The lowest BCUT2D eigenvalue weighted by atomic mass is 9.68. The predicted molar refractivity (Wildman–Crippen MR) is 71.0 cm³/mol. The molecule has 0 amide bonds. The minimum atomic E-state index is 0.542. The molecule has 2 nitrogen and oxygen atoms in total. The van der Waals surface area contributed by atoms with Crippen LogP contribution in [0.2, 0.25) is 0 Å². The van der Waals surface area contributed by atoms with Crippen LogP contribution in [0.1, 0.15) is 29.7 Å². The van der Waals surface area contributed by atoms with E-state index < -0.39 is 0 Å². The molecule has 1 aliphatic rings. The van der Waals surface area contributed by atoms with Gasteiger partial charge in [0.15, 0.2) is 0 Å². The second kappa shape index (κ2) is 5.30. The number of hydrogen-bond donors (Lipinski definition) is 2. The number of aryl methyl sites for hydroxylation is 1. The van der Waals surface area contributed by atoms with Crippen LogP contribution in [0.25, 0.3) is 0 Å². The Morgan fingerprint density at radius 3 is 2.69 bits per heavy atom. The van der Waals surface area contributed by atoms with E-state index in [1.54, 1.807) is 0 Å². The topological polar surface area (TPSA) is 24.1 Å². The average Bonchev–Trinajstić information content (AvgIpc) is 2.61. The van der Waals surface area contributed by atoms with Crippen molar-refractivity contribution in [3.05, 3.63) is 21.9 Å². The molecule has 0 aliphatic heterocycles. The van der Waals surface area contributed by atoms with Crippen molar-refractivity contribution in [2.75, 3.05) is 20.1 Å². The van der Waals surface area contributed by atoms with Gasteiger partial charge in [-0.05, 0) is 49.2 Å². The van der Waals surface area contributed by atoms with Crippen LogP contribution in [-0.2, 0) is 6.54 Å². The summed E-state index contributed by atoms with van der Waals surface area (Å²) in [7, 11) is 2.06. The third kappa shape index (κ3) is 2.65. The predicted octanol–water partition coefficient (Wildman–Crippen LogP) is 2.54. The van der Waals surface area contributed by atoms with E-state index in [9.17, 15) is 0 Å². The zero-order valence-corrected chi connectivity index (χ0v) is 11.1. The highest BCUT2D eigenvalue weighted by Gasteiger charge is 2.35. The molecule has 1 fully saturated rings. The molecule has 3 heteroatoms. The third-order valence-electron chi connectivity index (χ3n) is 3.72. The van der Waals surface area contributed by atoms with Crippen molar-refractivity contribution in [1.82, 2.24) is 10.6 Å². The van der Waals surface area contributed by atoms with Gasteiger partial charge in [0.25, 0.3) is 0 Å². The van der Waals surface area contributed by atoms with Gasteiger partial charge in [-0.1, -0.05) is 6.42 Å². The van der Waals surface area contributed by atoms with Crippen molar-refractivity contribution < 1.29 is 0 Å². The van der Waals surface area contributed by atoms with Crippen LogP contribution in [0.15, 0.2) is 11.4 Å². The molecule has 1 saturated carbocycles. The van der Waals surface area contributed by atoms with Gasteiger partial charge in [-0.15, -0.1) is 11.3 Å². The lowest BCUT2D eigenvalue weighted by Gasteiger charge is -2.42. The SMILES string of the molecule is CNCC1(CNCc2sccc2C)CCC1. The molecule has 2 rings (SSSR count). The van der Waals surface area contributed by atoms with Crippen LogP contribution < -0.4 is 10.6 Å². The molecule has 0 unspecified atom stereocenters. The number of hydrogen-bond acceptors (Lipinski definition) is 3. The first-order valence-electron chi connectivity index (χ1n) is 6.14. The Morgan fingerprint density at radius 2 is 2.19 bits per heavy atom. The van der Waals surface area contributed by atoms with Crippen LogP contribution in [0.3, 0.4) is 0 Å². The van der Waals surface area contributed by atoms with Gasteiger partial charge in [0.1, 0.15) is 0 Å². The molecule has 0 radical (unpaired) electrons. The molecular weight excluding hydrogens is 216 g/mol. The second-order valence-corrected chi connectivity index (χ2v) is 6.01. The summed E-state index contributed by atoms with van der Waals surface area (Å²) in [5, 5.41) is 9.13. The number of thiophene rings is 1. The highest BCUT2D eigenvalue weighted by Crippen LogP contribution is 2.39. The largest absolute Gasteiger partial charge is 0.319 e. The van der Waals surface area contributed by atoms with Gasteiger partial charge in [0.2, 0.25) is 0 Å².